The molecule has 3 heteroatoms. The van der Waals surface area contributed by atoms with Crippen LogP contribution < -0.4 is 11.1 Å². The number of nitrogens with two attached hydrogens (primary N) is 1. The molecule has 0 radical (unpaired) electrons. The molecule has 0 bridgehead atoms. The fourth-order valence-corrected chi connectivity index (χ4v) is 1.25. The summed E-state index contributed by atoms with van der Waals surface area (Å²) in [6.45, 7) is 8.03. The summed E-state index contributed by atoms with van der Waals surface area (Å²) >= 11 is 0. The lowest BCUT2D eigenvalue weighted by Crippen LogP contribution is -2.40. The molecular formula is C9H22N2O. The summed E-state index contributed by atoms with van der Waals surface area (Å²) in [5, 5.41) is 11.8. The third-order valence-electron chi connectivity index (χ3n) is 1.69. The first-order valence-electron chi connectivity index (χ1n) is 4.54. The van der Waals surface area contributed by atoms with Gasteiger partial charge in [0.25, 0.3) is 0 Å². The van der Waals surface area contributed by atoms with Gasteiger partial charge in [0.1, 0.15) is 0 Å². The Bertz CT molecular complexity index is 110. The summed E-state index contributed by atoms with van der Waals surface area (Å²) in [6, 6.07) is 0.331. The van der Waals surface area contributed by atoms with Gasteiger partial charge in [-0.2, -0.15) is 0 Å². The van der Waals surface area contributed by atoms with E-state index in [0.29, 0.717) is 24.5 Å². The van der Waals surface area contributed by atoms with Crippen molar-refractivity contribution in [3.05, 3.63) is 0 Å². The highest BCUT2D eigenvalue weighted by molar-refractivity contribution is 4.74. The molecule has 1 unspecified atom stereocenters. The second kappa shape index (κ2) is 5.51. The number of hydrogen-bond acceptors (Lipinski definition) is 3. The van der Waals surface area contributed by atoms with Gasteiger partial charge in [0.05, 0.1) is 6.61 Å². The van der Waals surface area contributed by atoms with E-state index >= 15 is 0 Å². The maximum atomic E-state index is 8.61. The minimum absolute atomic E-state index is 0.181. The minimum Gasteiger partial charge on any atom is -0.395 e. The van der Waals surface area contributed by atoms with E-state index in [1.807, 2.05) is 0 Å². The van der Waals surface area contributed by atoms with E-state index in [1.54, 1.807) is 0 Å². The van der Waals surface area contributed by atoms with E-state index in [-0.39, 0.29) is 6.61 Å². The molecule has 0 saturated heterocycles. The zero-order chi connectivity index (χ0) is 9.61. The molecule has 0 aliphatic rings. The highest BCUT2D eigenvalue weighted by atomic mass is 16.3. The Morgan fingerprint density at radius 2 is 2.00 bits per heavy atom. The molecule has 0 aliphatic heterocycles. The Labute approximate surface area is 75.3 Å². The maximum absolute atomic E-state index is 8.61. The Hall–Kier alpha value is -0.120. The van der Waals surface area contributed by atoms with Crippen LogP contribution in [0.4, 0.5) is 0 Å². The third-order valence-corrected chi connectivity index (χ3v) is 1.69. The zero-order valence-electron chi connectivity index (χ0n) is 8.43. The molecule has 0 rings (SSSR count). The summed E-state index contributed by atoms with van der Waals surface area (Å²) in [5.41, 5.74) is 5.87. The highest BCUT2D eigenvalue weighted by Crippen LogP contribution is 2.20. The van der Waals surface area contributed by atoms with Gasteiger partial charge in [0.15, 0.2) is 0 Å². The van der Waals surface area contributed by atoms with Crippen LogP contribution >= 0.6 is 0 Å². The molecule has 0 heterocycles. The van der Waals surface area contributed by atoms with Gasteiger partial charge in [-0.25, -0.2) is 0 Å². The summed E-state index contributed by atoms with van der Waals surface area (Å²) in [5.74, 6) is 0. The number of nitrogens with one attached hydrogen (secondary N) is 1. The molecule has 1 atom stereocenters. The number of rotatable bonds is 5. The average molecular weight is 174 g/mol. The van der Waals surface area contributed by atoms with E-state index in [4.69, 9.17) is 10.8 Å². The van der Waals surface area contributed by atoms with Crippen LogP contribution in [-0.2, 0) is 0 Å². The van der Waals surface area contributed by atoms with Gasteiger partial charge >= 0.3 is 0 Å². The molecule has 0 saturated carbocycles. The van der Waals surface area contributed by atoms with E-state index < -0.39 is 0 Å². The summed E-state index contributed by atoms with van der Waals surface area (Å²) in [6.07, 6.45) is 1.05. The van der Waals surface area contributed by atoms with E-state index in [2.05, 4.69) is 26.1 Å². The highest BCUT2D eigenvalue weighted by Gasteiger charge is 2.16. The number of aliphatic hydroxyl groups is 1. The van der Waals surface area contributed by atoms with Gasteiger partial charge in [-0.15, -0.1) is 0 Å². The smallest absolute Gasteiger partial charge is 0.0556 e. The van der Waals surface area contributed by atoms with Crippen molar-refractivity contribution in [2.24, 2.45) is 11.1 Å². The Morgan fingerprint density at radius 1 is 1.42 bits per heavy atom. The first-order chi connectivity index (χ1) is 5.49. The predicted molar refractivity (Wildman–Crippen MR) is 52.0 cm³/mol. The number of aliphatic hydroxyl groups excluding tert-OH is 1. The fourth-order valence-electron chi connectivity index (χ4n) is 1.25. The van der Waals surface area contributed by atoms with Crippen molar-refractivity contribution in [1.82, 2.24) is 5.32 Å². The topological polar surface area (TPSA) is 58.3 Å². The molecule has 0 spiro atoms. The van der Waals surface area contributed by atoms with Crippen molar-refractivity contribution in [1.29, 1.82) is 0 Å². The quantitative estimate of drug-likeness (QED) is 0.563. The van der Waals surface area contributed by atoms with Crippen molar-refractivity contribution >= 4 is 0 Å². The van der Waals surface area contributed by atoms with Crippen LogP contribution in [0.15, 0.2) is 0 Å². The van der Waals surface area contributed by atoms with Gasteiger partial charge in [-0.05, 0) is 11.8 Å². The van der Waals surface area contributed by atoms with Gasteiger partial charge in [0, 0.05) is 19.1 Å². The van der Waals surface area contributed by atoms with Crippen LogP contribution in [0, 0.1) is 5.41 Å². The fraction of sp³-hybridized carbons (Fsp3) is 1.00. The minimum atomic E-state index is 0.181. The maximum Gasteiger partial charge on any atom is 0.0556 e. The van der Waals surface area contributed by atoms with Crippen LogP contribution in [0.1, 0.15) is 27.2 Å². The Morgan fingerprint density at radius 3 is 2.33 bits per heavy atom. The molecule has 0 aromatic heterocycles. The monoisotopic (exact) mass is 174 g/mol. The van der Waals surface area contributed by atoms with Gasteiger partial charge in [-0.3, -0.25) is 0 Å². The Kier molecular flexibility index (Phi) is 5.46. The van der Waals surface area contributed by atoms with Crippen molar-refractivity contribution in [3.8, 4) is 0 Å². The zero-order valence-corrected chi connectivity index (χ0v) is 8.43. The average Bonchev–Trinajstić information content (AvgIpc) is 1.95. The van der Waals surface area contributed by atoms with Crippen molar-refractivity contribution in [2.75, 3.05) is 19.7 Å². The van der Waals surface area contributed by atoms with E-state index in [1.165, 1.54) is 0 Å². The van der Waals surface area contributed by atoms with E-state index in [9.17, 15) is 0 Å². The SMILES string of the molecule is CC(C)(C)CC(CN)NCCO. The van der Waals surface area contributed by atoms with Gasteiger partial charge in [0.2, 0.25) is 0 Å². The van der Waals surface area contributed by atoms with Crippen LogP contribution in [0.3, 0.4) is 0 Å². The summed E-state index contributed by atoms with van der Waals surface area (Å²) in [7, 11) is 0. The molecule has 12 heavy (non-hydrogen) atoms. The molecule has 0 aromatic carbocycles. The van der Waals surface area contributed by atoms with Crippen LogP contribution in [0.2, 0.25) is 0 Å². The molecular weight excluding hydrogens is 152 g/mol. The normalized spacial score (nSPS) is 14.8. The summed E-state index contributed by atoms with van der Waals surface area (Å²) in [4.78, 5) is 0. The van der Waals surface area contributed by atoms with Crippen LogP contribution in [-0.4, -0.2) is 30.8 Å². The molecule has 0 aromatic rings. The Balaban J connectivity index is 3.67. The second-order valence-electron chi connectivity index (χ2n) is 4.38. The standard InChI is InChI=1S/C9H22N2O/c1-9(2,3)6-8(7-10)11-4-5-12/h8,11-12H,4-7,10H2,1-3H3. The molecule has 0 amide bonds. The van der Waals surface area contributed by atoms with E-state index in [0.717, 1.165) is 6.42 Å². The molecule has 4 N–H and O–H groups in total. The third kappa shape index (κ3) is 6.58. The predicted octanol–water partition coefficient (Wildman–Crippen LogP) is 0.332. The molecule has 0 fully saturated rings. The molecule has 74 valence electrons. The van der Waals surface area contributed by atoms with Crippen molar-refractivity contribution in [2.45, 2.75) is 33.2 Å². The van der Waals surface area contributed by atoms with Gasteiger partial charge < -0.3 is 16.2 Å². The lowest BCUT2D eigenvalue weighted by atomic mass is 9.88. The first-order valence-corrected chi connectivity index (χ1v) is 4.54. The lowest BCUT2D eigenvalue weighted by Gasteiger charge is -2.25. The molecule has 3 nitrogen and oxygen atoms in total. The van der Waals surface area contributed by atoms with Crippen LogP contribution in [0.5, 0.6) is 0 Å². The van der Waals surface area contributed by atoms with Crippen LogP contribution in [0.25, 0.3) is 0 Å². The van der Waals surface area contributed by atoms with Gasteiger partial charge in [-0.1, -0.05) is 20.8 Å². The largest absolute Gasteiger partial charge is 0.395 e. The van der Waals surface area contributed by atoms with Crippen molar-refractivity contribution < 1.29 is 5.11 Å². The molecule has 0 aliphatic carbocycles. The second-order valence-corrected chi connectivity index (χ2v) is 4.38. The number of hydrogen-bond donors (Lipinski definition) is 3. The first kappa shape index (κ1) is 11.9. The lowest BCUT2D eigenvalue weighted by molar-refractivity contribution is 0.262. The summed E-state index contributed by atoms with van der Waals surface area (Å²) < 4.78 is 0. The van der Waals surface area contributed by atoms with Crippen molar-refractivity contribution in [3.63, 3.8) is 0 Å².